The highest BCUT2D eigenvalue weighted by molar-refractivity contribution is 5.92. The van der Waals surface area contributed by atoms with Gasteiger partial charge in [0.1, 0.15) is 11.3 Å². The van der Waals surface area contributed by atoms with Gasteiger partial charge in [-0.1, -0.05) is 13.3 Å². The molecule has 102 valence electrons. The molecule has 0 bridgehead atoms. The molecule has 0 atom stereocenters. The number of hydrogen-bond acceptors (Lipinski definition) is 4. The number of carbonyl (C=O) groups excluding carboxylic acids is 1. The summed E-state index contributed by atoms with van der Waals surface area (Å²) < 4.78 is 16.0. The first-order valence-corrected chi connectivity index (χ1v) is 6.58. The first-order chi connectivity index (χ1) is 9.24. The lowest BCUT2D eigenvalue weighted by molar-refractivity contribution is 0.0492. The predicted molar refractivity (Wildman–Crippen MR) is 72.6 cm³/mol. The van der Waals surface area contributed by atoms with Crippen molar-refractivity contribution in [2.45, 2.75) is 26.7 Å². The van der Waals surface area contributed by atoms with Crippen molar-refractivity contribution in [1.82, 2.24) is 0 Å². The molecule has 0 aliphatic heterocycles. The quantitative estimate of drug-likeness (QED) is 0.587. The van der Waals surface area contributed by atoms with Crippen LogP contribution in [-0.4, -0.2) is 19.2 Å². The number of fused-ring (bicyclic) bond motifs is 1. The number of rotatable bonds is 6. The van der Waals surface area contributed by atoms with Gasteiger partial charge in [-0.15, -0.1) is 0 Å². The fourth-order valence-corrected chi connectivity index (χ4v) is 1.74. The summed E-state index contributed by atoms with van der Waals surface area (Å²) in [5, 5.41) is 0.867. The fourth-order valence-electron chi connectivity index (χ4n) is 1.74. The van der Waals surface area contributed by atoms with E-state index >= 15 is 0 Å². The minimum absolute atomic E-state index is 0.225. The first kappa shape index (κ1) is 13.5. The summed E-state index contributed by atoms with van der Waals surface area (Å²) in [6, 6.07) is 7.24. The van der Waals surface area contributed by atoms with Crippen LogP contribution < -0.4 is 4.74 Å². The third-order valence-electron chi connectivity index (χ3n) is 2.73. The molecular weight excluding hydrogens is 244 g/mol. The summed E-state index contributed by atoms with van der Waals surface area (Å²) in [7, 11) is 0. The summed E-state index contributed by atoms with van der Waals surface area (Å²) in [6.07, 6.45) is 2.11. The average molecular weight is 262 g/mol. The Morgan fingerprint density at radius 1 is 1.26 bits per heavy atom. The van der Waals surface area contributed by atoms with E-state index in [0.717, 1.165) is 24.0 Å². The van der Waals surface area contributed by atoms with Gasteiger partial charge in [0.05, 0.1) is 13.2 Å². The van der Waals surface area contributed by atoms with Gasteiger partial charge >= 0.3 is 5.97 Å². The van der Waals surface area contributed by atoms with E-state index in [9.17, 15) is 4.79 Å². The molecule has 0 unspecified atom stereocenters. The van der Waals surface area contributed by atoms with Crippen LogP contribution in [0.5, 0.6) is 5.75 Å². The molecule has 1 aromatic heterocycles. The minimum atomic E-state index is -0.438. The fraction of sp³-hybridized carbons (Fsp3) is 0.400. The van der Waals surface area contributed by atoms with Crippen LogP contribution in [0.2, 0.25) is 0 Å². The van der Waals surface area contributed by atoms with Crippen LogP contribution in [0.3, 0.4) is 0 Å². The third kappa shape index (κ3) is 3.28. The Kier molecular flexibility index (Phi) is 4.44. The molecule has 0 N–H and O–H groups in total. The van der Waals surface area contributed by atoms with Crippen LogP contribution in [0.1, 0.15) is 37.2 Å². The maximum Gasteiger partial charge on any atom is 0.374 e. The molecule has 0 saturated heterocycles. The van der Waals surface area contributed by atoms with Gasteiger partial charge in [0.15, 0.2) is 0 Å². The summed E-state index contributed by atoms with van der Waals surface area (Å²) >= 11 is 0. The molecule has 4 heteroatoms. The molecule has 0 aliphatic rings. The average Bonchev–Trinajstić information content (AvgIpc) is 2.82. The van der Waals surface area contributed by atoms with Crippen LogP contribution >= 0.6 is 0 Å². The molecule has 2 aromatic rings. The maximum atomic E-state index is 11.6. The molecule has 1 heterocycles. The Hall–Kier alpha value is -1.97. The van der Waals surface area contributed by atoms with E-state index in [0.29, 0.717) is 18.8 Å². The van der Waals surface area contributed by atoms with Crippen molar-refractivity contribution in [2.75, 3.05) is 13.2 Å². The molecule has 4 nitrogen and oxygen atoms in total. The Morgan fingerprint density at radius 3 is 2.84 bits per heavy atom. The first-order valence-electron chi connectivity index (χ1n) is 6.58. The second kappa shape index (κ2) is 6.27. The lowest BCUT2D eigenvalue weighted by Crippen LogP contribution is -2.02. The van der Waals surface area contributed by atoms with Crippen molar-refractivity contribution in [2.24, 2.45) is 0 Å². The Balaban J connectivity index is 2.16. The summed E-state index contributed by atoms with van der Waals surface area (Å²) in [5.74, 6) is 0.542. The molecule has 1 aromatic carbocycles. The Morgan fingerprint density at radius 2 is 2.11 bits per heavy atom. The predicted octanol–water partition coefficient (Wildman–Crippen LogP) is 3.79. The van der Waals surface area contributed by atoms with Crippen molar-refractivity contribution >= 4 is 16.9 Å². The number of furan rings is 1. The summed E-state index contributed by atoms with van der Waals surface area (Å²) in [5.41, 5.74) is 0.636. The van der Waals surface area contributed by atoms with Crippen LogP contribution in [0.4, 0.5) is 0 Å². The van der Waals surface area contributed by atoms with E-state index in [1.54, 1.807) is 19.1 Å². The molecule has 0 saturated carbocycles. The van der Waals surface area contributed by atoms with E-state index in [4.69, 9.17) is 13.9 Å². The topological polar surface area (TPSA) is 48.7 Å². The number of unbranched alkanes of at least 4 members (excludes halogenated alkanes) is 1. The number of ether oxygens (including phenoxy) is 2. The highest BCUT2D eigenvalue weighted by atomic mass is 16.5. The van der Waals surface area contributed by atoms with Crippen molar-refractivity contribution < 1.29 is 18.7 Å². The van der Waals surface area contributed by atoms with Gasteiger partial charge in [0.25, 0.3) is 0 Å². The van der Waals surface area contributed by atoms with Gasteiger partial charge in [0.2, 0.25) is 5.76 Å². The normalized spacial score (nSPS) is 10.6. The summed E-state index contributed by atoms with van der Waals surface area (Å²) in [4.78, 5) is 11.6. The van der Waals surface area contributed by atoms with E-state index in [1.165, 1.54) is 0 Å². The lowest BCUT2D eigenvalue weighted by Gasteiger charge is -2.04. The standard InChI is InChI=1S/C15H18O4/c1-3-5-8-18-12-7-6-11-9-14(15(16)17-4-2)19-13(11)10-12/h6-7,9-10H,3-5,8H2,1-2H3. The second-order valence-corrected chi connectivity index (χ2v) is 4.23. The van der Waals surface area contributed by atoms with Crippen molar-refractivity contribution in [1.29, 1.82) is 0 Å². The van der Waals surface area contributed by atoms with Crippen molar-refractivity contribution in [3.8, 4) is 5.75 Å². The largest absolute Gasteiger partial charge is 0.493 e. The van der Waals surface area contributed by atoms with Gasteiger partial charge in [-0.2, -0.15) is 0 Å². The molecule has 2 rings (SSSR count). The molecule has 19 heavy (non-hydrogen) atoms. The third-order valence-corrected chi connectivity index (χ3v) is 2.73. The second-order valence-electron chi connectivity index (χ2n) is 4.23. The van der Waals surface area contributed by atoms with Crippen LogP contribution in [0, 0.1) is 0 Å². The number of carbonyl (C=O) groups is 1. The zero-order valence-electron chi connectivity index (χ0n) is 11.3. The molecular formula is C15H18O4. The minimum Gasteiger partial charge on any atom is -0.493 e. The van der Waals surface area contributed by atoms with Crippen LogP contribution in [-0.2, 0) is 4.74 Å². The summed E-state index contributed by atoms with van der Waals surface area (Å²) in [6.45, 7) is 4.90. The number of benzene rings is 1. The van der Waals surface area contributed by atoms with Crippen molar-refractivity contribution in [3.05, 3.63) is 30.0 Å². The number of hydrogen-bond donors (Lipinski definition) is 0. The maximum absolute atomic E-state index is 11.6. The molecule has 0 fully saturated rings. The van der Waals surface area contributed by atoms with Gasteiger partial charge in [-0.25, -0.2) is 4.79 Å². The van der Waals surface area contributed by atoms with Gasteiger partial charge in [-0.05, 0) is 31.5 Å². The zero-order valence-corrected chi connectivity index (χ0v) is 11.3. The van der Waals surface area contributed by atoms with Crippen LogP contribution in [0.25, 0.3) is 11.0 Å². The van der Waals surface area contributed by atoms with Crippen molar-refractivity contribution in [3.63, 3.8) is 0 Å². The molecule has 0 aliphatic carbocycles. The molecule has 0 radical (unpaired) electrons. The van der Waals surface area contributed by atoms with Crippen LogP contribution in [0.15, 0.2) is 28.7 Å². The van der Waals surface area contributed by atoms with E-state index in [1.807, 2.05) is 12.1 Å². The zero-order chi connectivity index (χ0) is 13.7. The highest BCUT2D eigenvalue weighted by Gasteiger charge is 2.13. The smallest absolute Gasteiger partial charge is 0.374 e. The van der Waals surface area contributed by atoms with Gasteiger partial charge in [0, 0.05) is 11.5 Å². The number of esters is 1. The van der Waals surface area contributed by atoms with E-state index in [2.05, 4.69) is 6.92 Å². The van der Waals surface area contributed by atoms with E-state index < -0.39 is 5.97 Å². The highest BCUT2D eigenvalue weighted by Crippen LogP contribution is 2.24. The van der Waals surface area contributed by atoms with Gasteiger partial charge < -0.3 is 13.9 Å². The SMILES string of the molecule is CCCCOc1ccc2cc(C(=O)OCC)oc2c1. The monoisotopic (exact) mass is 262 g/mol. The Labute approximate surface area is 112 Å². The van der Waals surface area contributed by atoms with Gasteiger partial charge in [-0.3, -0.25) is 0 Å². The Bertz CT molecular complexity index is 556. The van der Waals surface area contributed by atoms with E-state index in [-0.39, 0.29) is 5.76 Å². The lowest BCUT2D eigenvalue weighted by atomic mass is 10.2. The molecule has 0 amide bonds. The molecule has 0 spiro atoms.